The van der Waals surface area contributed by atoms with Gasteiger partial charge in [-0.15, -0.1) is 11.6 Å². The zero-order valence-electron chi connectivity index (χ0n) is 8.55. The van der Waals surface area contributed by atoms with Crippen LogP contribution >= 0.6 is 11.6 Å². The zero-order valence-corrected chi connectivity index (χ0v) is 9.31. The van der Waals surface area contributed by atoms with Crippen LogP contribution < -0.4 is 0 Å². The van der Waals surface area contributed by atoms with Crippen LogP contribution in [0.5, 0.6) is 0 Å². The van der Waals surface area contributed by atoms with E-state index in [1.165, 1.54) is 5.56 Å². The van der Waals surface area contributed by atoms with E-state index in [2.05, 4.69) is 38.1 Å². The molecule has 0 aliphatic heterocycles. The molecule has 0 nitrogen and oxygen atoms in total. The Bertz CT molecular complexity index is 249. The number of alkyl halides is 1. The fourth-order valence-electron chi connectivity index (χ4n) is 1.71. The summed E-state index contributed by atoms with van der Waals surface area (Å²) in [5.74, 6) is 0. The number of hydrogen-bond acceptors (Lipinski definition) is 0. The average Bonchev–Trinajstić information content (AvgIpc) is 2.04. The quantitative estimate of drug-likeness (QED) is 0.642. The molecule has 0 amide bonds. The monoisotopic (exact) mass is 196 g/mol. The maximum Gasteiger partial charge on any atom is 0.0316 e. The molecule has 1 unspecified atom stereocenters. The molecule has 0 aliphatic carbocycles. The fourth-order valence-corrected chi connectivity index (χ4v) is 2.10. The molecule has 1 aromatic carbocycles. The Morgan fingerprint density at radius 2 is 1.77 bits per heavy atom. The predicted octanol–water partition coefficient (Wildman–Crippen LogP) is 3.98. The smallest absolute Gasteiger partial charge is 0.0316 e. The van der Waals surface area contributed by atoms with Gasteiger partial charge in [0, 0.05) is 5.38 Å². The van der Waals surface area contributed by atoms with Crippen LogP contribution in [0.2, 0.25) is 0 Å². The molecule has 0 fully saturated rings. The van der Waals surface area contributed by atoms with Gasteiger partial charge in [-0.25, -0.2) is 0 Å². The molecule has 1 heteroatoms. The maximum atomic E-state index is 6.01. The third kappa shape index (κ3) is 3.04. The summed E-state index contributed by atoms with van der Waals surface area (Å²) >= 11 is 6.01. The molecule has 0 aromatic heterocycles. The summed E-state index contributed by atoms with van der Waals surface area (Å²) in [5.41, 5.74) is 1.55. The summed E-state index contributed by atoms with van der Waals surface area (Å²) in [6.07, 6.45) is 1.01. The lowest BCUT2D eigenvalue weighted by Crippen LogP contribution is -2.20. The molecule has 0 radical (unpaired) electrons. The molecule has 0 bridgehead atoms. The molecule has 0 saturated carbocycles. The molecule has 1 atom stereocenters. The van der Waals surface area contributed by atoms with Crippen molar-refractivity contribution in [3.8, 4) is 0 Å². The van der Waals surface area contributed by atoms with Crippen LogP contribution in [0.25, 0.3) is 0 Å². The first kappa shape index (κ1) is 10.6. The highest BCUT2D eigenvalue weighted by molar-refractivity contribution is 6.20. The molecule has 0 N–H and O–H groups in total. The fraction of sp³-hybridized carbons (Fsp3) is 0.500. The van der Waals surface area contributed by atoms with E-state index in [0.29, 0.717) is 0 Å². The van der Waals surface area contributed by atoms with Crippen molar-refractivity contribution < 1.29 is 0 Å². The van der Waals surface area contributed by atoms with Gasteiger partial charge in [-0.1, -0.05) is 44.2 Å². The van der Waals surface area contributed by atoms with E-state index >= 15 is 0 Å². The SMILES string of the molecule is CC(Cl)CC(C)(C)c1ccccc1. The van der Waals surface area contributed by atoms with E-state index in [9.17, 15) is 0 Å². The van der Waals surface area contributed by atoms with Crippen LogP contribution in [-0.4, -0.2) is 5.38 Å². The Kier molecular flexibility index (Phi) is 3.38. The van der Waals surface area contributed by atoms with Crippen molar-refractivity contribution in [3.05, 3.63) is 35.9 Å². The van der Waals surface area contributed by atoms with E-state index in [1.54, 1.807) is 0 Å². The van der Waals surface area contributed by atoms with Crippen molar-refractivity contribution in [2.24, 2.45) is 0 Å². The lowest BCUT2D eigenvalue weighted by atomic mass is 9.81. The first-order valence-electron chi connectivity index (χ1n) is 4.72. The predicted molar refractivity (Wildman–Crippen MR) is 59.4 cm³/mol. The minimum absolute atomic E-state index is 0.183. The van der Waals surface area contributed by atoms with Crippen LogP contribution in [-0.2, 0) is 5.41 Å². The highest BCUT2D eigenvalue weighted by atomic mass is 35.5. The molecule has 0 saturated heterocycles. The van der Waals surface area contributed by atoms with E-state index in [1.807, 2.05) is 13.0 Å². The summed E-state index contributed by atoms with van der Waals surface area (Å²) in [6, 6.07) is 10.5. The Morgan fingerprint density at radius 1 is 1.23 bits per heavy atom. The van der Waals surface area contributed by atoms with Gasteiger partial charge < -0.3 is 0 Å². The van der Waals surface area contributed by atoms with E-state index in [-0.39, 0.29) is 10.8 Å². The van der Waals surface area contributed by atoms with E-state index < -0.39 is 0 Å². The van der Waals surface area contributed by atoms with Crippen molar-refractivity contribution in [3.63, 3.8) is 0 Å². The third-order valence-electron chi connectivity index (χ3n) is 2.35. The van der Waals surface area contributed by atoms with Gasteiger partial charge in [-0.05, 0) is 24.3 Å². The summed E-state index contributed by atoms with van der Waals surface area (Å²) in [5, 5.41) is 0.232. The van der Waals surface area contributed by atoms with E-state index in [4.69, 9.17) is 11.6 Å². The van der Waals surface area contributed by atoms with Crippen LogP contribution in [0.4, 0.5) is 0 Å². The maximum absolute atomic E-state index is 6.01. The lowest BCUT2D eigenvalue weighted by molar-refractivity contribution is 0.477. The normalized spacial score (nSPS) is 14.2. The van der Waals surface area contributed by atoms with Gasteiger partial charge >= 0.3 is 0 Å². The van der Waals surface area contributed by atoms with Crippen LogP contribution in [0.1, 0.15) is 32.8 Å². The Hall–Kier alpha value is -0.490. The van der Waals surface area contributed by atoms with Crippen molar-refractivity contribution in [2.45, 2.75) is 38.0 Å². The largest absolute Gasteiger partial charge is 0.123 e. The topological polar surface area (TPSA) is 0 Å². The van der Waals surface area contributed by atoms with Gasteiger partial charge in [0.05, 0.1) is 0 Å². The van der Waals surface area contributed by atoms with Crippen molar-refractivity contribution in [2.75, 3.05) is 0 Å². The standard InChI is InChI=1S/C12H17Cl/c1-10(13)9-12(2,3)11-7-5-4-6-8-11/h4-8,10H,9H2,1-3H3. The molecular formula is C12H17Cl. The molecule has 0 spiro atoms. The summed E-state index contributed by atoms with van der Waals surface area (Å²) in [6.45, 7) is 6.52. The number of rotatable bonds is 3. The third-order valence-corrected chi connectivity index (χ3v) is 2.50. The second-order valence-electron chi connectivity index (χ2n) is 4.23. The molecule has 0 heterocycles. The molecular weight excluding hydrogens is 180 g/mol. The molecule has 1 aromatic rings. The second-order valence-corrected chi connectivity index (χ2v) is 4.98. The Morgan fingerprint density at radius 3 is 2.23 bits per heavy atom. The number of benzene rings is 1. The lowest BCUT2D eigenvalue weighted by Gasteiger charge is -2.26. The van der Waals surface area contributed by atoms with Gasteiger partial charge in [0.25, 0.3) is 0 Å². The molecule has 1 rings (SSSR count). The summed E-state index contributed by atoms with van der Waals surface area (Å²) in [4.78, 5) is 0. The highest BCUT2D eigenvalue weighted by Crippen LogP contribution is 2.29. The highest BCUT2D eigenvalue weighted by Gasteiger charge is 2.21. The Labute approximate surface area is 85.9 Å². The molecule has 13 heavy (non-hydrogen) atoms. The molecule has 0 aliphatic rings. The van der Waals surface area contributed by atoms with Crippen LogP contribution in [0.15, 0.2) is 30.3 Å². The average molecular weight is 197 g/mol. The zero-order chi connectivity index (χ0) is 9.90. The first-order chi connectivity index (χ1) is 6.02. The minimum atomic E-state index is 0.183. The van der Waals surface area contributed by atoms with Crippen LogP contribution in [0, 0.1) is 0 Å². The second kappa shape index (κ2) is 4.15. The number of halogens is 1. The van der Waals surface area contributed by atoms with Crippen molar-refractivity contribution in [1.82, 2.24) is 0 Å². The van der Waals surface area contributed by atoms with Gasteiger partial charge in [0.1, 0.15) is 0 Å². The van der Waals surface area contributed by atoms with Gasteiger partial charge in [0.2, 0.25) is 0 Å². The Balaban J connectivity index is 2.81. The first-order valence-corrected chi connectivity index (χ1v) is 5.15. The minimum Gasteiger partial charge on any atom is -0.123 e. The van der Waals surface area contributed by atoms with Gasteiger partial charge in [0.15, 0.2) is 0 Å². The van der Waals surface area contributed by atoms with E-state index in [0.717, 1.165) is 6.42 Å². The van der Waals surface area contributed by atoms with Crippen molar-refractivity contribution >= 4 is 11.6 Å². The number of hydrogen-bond donors (Lipinski definition) is 0. The van der Waals surface area contributed by atoms with Gasteiger partial charge in [-0.2, -0.15) is 0 Å². The summed E-state index contributed by atoms with van der Waals surface area (Å²) < 4.78 is 0. The van der Waals surface area contributed by atoms with Crippen molar-refractivity contribution in [1.29, 1.82) is 0 Å². The summed E-state index contributed by atoms with van der Waals surface area (Å²) in [7, 11) is 0. The molecule has 72 valence electrons. The van der Waals surface area contributed by atoms with Gasteiger partial charge in [-0.3, -0.25) is 0 Å². The van der Waals surface area contributed by atoms with Crippen LogP contribution in [0.3, 0.4) is 0 Å².